The van der Waals surface area contributed by atoms with Gasteiger partial charge in [-0.2, -0.15) is 0 Å². The van der Waals surface area contributed by atoms with Gasteiger partial charge in [0.25, 0.3) is 0 Å². The minimum atomic E-state index is -3.83. The summed E-state index contributed by atoms with van der Waals surface area (Å²) in [7, 11) is -3.83. The molecule has 0 aliphatic heterocycles. The molecule has 0 aliphatic carbocycles. The predicted molar refractivity (Wildman–Crippen MR) is 149 cm³/mol. The van der Waals surface area contributed by atoms with Gasteiger partial charge in [0.2, 0.25) is 21.8 Å². The first-order valence-electron chi connectivity index (χ1n) is 12.2. The van der Waals surface area contributed by atoms with Crippen molar-refractivity contribution in [3.8, 4) is 5.75 Å². The van der Waals surface area contributed by atoms with Crippen LogP contribution in [0.5, 0.6) is 5.75 Å². The van der Waals surface area contributed by atoms with Crippen LogP contribution in [-0.4, -0.2) is 56.6 Å². The highest BCUT2D eigenvalue weighted by molar-refractivity contribution is 7.92. The van der Waals surface area contributed by atoms with E-state index in [2.05, 4.69) is 5.32 Å². The molecule has 0 unspecified atom stereocenters. The fourth-order valence-corrected chi connectivity index (χ4v) is 4.85. The molecule has 8 nitrogen and oxygen atoms in total. The lowest BCUT2D eigenvalue weighted by molar-refractivity contribution is -0.140. The van der Waals surface area contributed by atoms with Crippen LogP contribution in [0.2, 0.25) is 10.0 Å². The lowest BCUT2D eigenvalue weighted by Crippen LogP contribution is -2.53. The van der Waals surface area contributed by atoms with Crippen LogP contribution in [0.4, 0.5) is 5.69 Å². The van der Waals surface area contributed by atoms with E-state index in [0.29, 0.717) is 40.1 Å². The number of hydrogen-bond acceptors (Lipinski definition) is 5. The Morgan fingerprint density at radius 1 is 1.00 bits per heavy atom. The molecule has 2 atom stereocenters. The number of carbonyl (C=O) groups excluding carboxylic acids is 2. The molecule has 0 bridgehead atoms. The molecular formula is C26H35Cl2N3O5S. The molecule has 0 saturated heterocycles. The summed E-state index contributed by atoms with van der Waals surface area (Å²) in [6.45, 7) is 7.51. The lowest BCUT2D eigenvalue weighted by atomic mass is 10.1. The van der Waals surface area contributed by atoms with E-state index >= 15 is 0 Å². The van der Waals surface area contributed by atoms with Gasteiger partial charge in [0.15, 0.2) is 0 Å². The number of rotatable bonds is 13. The van der Waals surface area contributed by atoms with Gasteiger partial charge in [-0.1, -0.05) is 43.1 Å². The van der Waals surface area contributed by atoms with Gasteiger partial charge in [0.05, 0.1) is 28.6 Å². The van der Waals surface area contributed by atoms with Crippen molar-refractivity contribution in [1.82, 2.24) is 10.2 Å². The van der Waals surface area contributed by atoms with Gasteiger partial charge in [0.1, 0.15) is 18.3 Å². The highest BCUT2D eigenvalue weighted by atomic mass is 35.5. The number of benzene rings is 2. The van der Waals surface area contributed by atoms with Crippen LogP contribution < -0.4 is 14.4 Å². The summed E-state index contributed by atoms with van der Waals surface area (Å²) < 4.78 is 31.9. The average molecular weight is 573 g/mol. The van der Waals surface area contributed by atoms with Crippen molar-refractivity contribution in [2.45, 2.75) is 59.2 Å². The number of amides is 2. The molecule has 0 aliphatic rings. The molecule has 0 saturated carbocycles. The van der Waals surface area contributed by atoms with E-state index in [0.717, 1.165) is 17.0 Å². The number of nitrogens with zero attached hydrogens (tertiary/aromatic N) is 2. The third-order valence-electron chi connectivity index (χ3n) is 5.84. The van der Waals surface area contributed by atoms with Crippen molar-refractivity contribution < 1.29 is 22.7 Å². The van der Waals surface area contributed by atoms with Crippen LogP contribution in [0.15, 0.2) is 42.5 Å². The molecule has 0 heterocycles. The molecule has 11 heteroatoms. The molecular weight excluding hydrogens is 537 g/mol. The van der Waals surface area contributed by atoms with Gasteiger partial charge < -0.3 is 15.0 Å². The number of sulfonamides is 1. The summed E-state index contributed by atoms with van der Waals surface area (Å²) in [4.78, 5) is 28.3. The summed E-state index contributed by atoms with van der Waals surface area (Å²) in [5, 5.41) is 3.61. The maximum Gasteiger partial charge on any atom is 0.244 e. The highest BCUT2D eigenvalue weighted by Gasteiger charge is 2.32. The summed E-state index contributed by atoms with van der Waals surface area (Å²) in [5.41, 5.74) is 0.968. The zero-order valence-electron chi connectivity index (χ0n) is 21.8. The van der Waals surface area contributed by atoms with E-state index in [1.807, 2.05) is 20.8 Å². The van der Waals surface area contributed by atoms with Crippen molar-refractivity contribution in [2.24, 2.45) is 0 Å². The second-order valence-corrected chi connectivity index (χ2v) is 11.4. The monoisotopic (exact) mass is 571 g/mol. The standard InChI is InChI=1S/C26H35Cl2N3O5S/c1-6-18(4)29-26(33)24(7-2)30(16-19-9-14-22(27)23(28)15-19)25(32)17-31(37(5,34)35)20-10-12-21(13-11-20)36-8-3/h9-15,18,24H,6-8,16-17H2,1-5H3,(H,29,33)/t18-,24-/m1/s1. The minimum Gasteiger partial charge on any atom is -0.494 e. The first-order chi connectivity index (χ1) is 17.4. The van der Waals surface area contributed by atoms with Crippen LogP contribution in [0.3, 0.4) is 0 Å². The molecule has 37 heavy (non-hydrogen) atoms. The first kappa shape index (κ1) is 30.7. The topological polar surface area (TPSA) is 96.0 Å². The van der Waals surface area contributed by atoms with Gasteiger partial charge in [-0.25, -0.2) is 8.42 Å². The fraction of sp³-hybridized carbons (Fsp3) is 0.462. The molecule has 0 spiro atoms. The third-order valence-corrected chi connectivity index (χ3v) is 7.72. The predicted octanol–water partition coefficient (Wildman–Crippen LogP) is 4.88. The van der Waals surface area contributed by atoms with Gasteiger partial charge in [-0.3, -0.25) is 13.9 Å². The van der Waals surface area contributed by atoms with E-state index in [1.54, 1.807) is 49.4 Å². The van der Waals surface area contributed by atoms with Crippen molar-refractivity contribution in [1.29, 1.82) is 0 Å². The van der Waals surface area contributed by atoms with Crippen LogP contribution in [0, 0.1) is 0 Å². The molecule has 0 fully saturated rings. The molecule has 2 amide bonds. The van der Waals surface area contributed by atoms with Crippen molar-refractivity contribution in [3.05, 3.63) is 58.1 Å². The van der Waals surface area contributed by atoms with Gasteiger partial charge in [-0.15, -0.1) is 0 Å². The second kappa shape index (κ2) is 13.9. The zero-order valence-corrected chi connectivity index (χ0v) is 24.2. The number of nitrogens with one attached hydrogen (secondary N) is 1. The van der Waals surface area contributed by atoms with E-state index in [1.165, 1.54) is 4.90 Å². The van der Waals surface area contributed by atoms with Gasteiger partial charge >= 0.3 is 0 Å². The Labute approximate surface area is 229 Å². The quantitative estimate of drug-likeness (QED) is 0.369. The third kappa shape index (κ3) is 8.79. The number of anilines is 1. The SMILES string of the molecule is CCOc1ccc(N(CC(=O)N(Cc2ccc(Cl)c(Cl)c2)[C@H](CC)C(=O)N[C@H](C)CC)S(C)(=O)=O)cc1. The van der Waals surface area contributed by atoms with Crippen molar-refractivity contribution in [3.63, 3.8) is 0 Å². The smallest absolute Gasteiger partial charge is 0.244 e. The molecule has 2 aromatic carbocycles. The molecule has 0 aromatic heterocycles. The maximum absolute atomic E-state index is 13.7. The summed E-state index contributed by atoms with van der Waals surface area (Å²) in [5.74, 6) is -0.256. The van der Waals surface area contributed by atoms with Crippen LogP contribution in [-0.2, 0) is 26.2 Å². The number of hydrogen-bond donors (Lipinski definition) is 1. The largest absolute Gasteiger partial charge is 0.494 e. The summed E-state index contributed by atoms with van der Waals surface area (Å²) in [6, 6.07) is 10.5. The number of halogens is 2. The molecule has 2 rings (SSSR count). The second-order valence-electron chi connectivity index (χ2n) is 8.71. The van der Waals surface area contributed by atoms with Gasteiger partial charge in [-0.05, 0) is 68.7 Å². The molecule has 1 N–H and O–H groups in total. The Bertz CT molecular complexity index is 1180. The van der Waals surface area contributed by atoms with Crippen LogP contribution >= 0.6 is 23.2 Å². The Kier molecular flexibility index (Phi) is 11.5. The Morgan fingerprint density at radius 2 is 1.65 bits per heavy atom. The number of carbonyl (C=O) groups is 2. The Hall–Kier alpha value is -2.49. The molecule has 2 aromatic rings. The molecule has 204 valence electrons. The first-order valence-corrected chi connectivity index (χ1v) is 14.8. The van der Waals surface area contributed by atoms with E-state index < -0.39 is 28.5 Å². The van der Waals surface area contributed by atoms with Gasteiger partial charge in [0, 0.05) is 12.6 Å². The van der Waals surface area contributed by atoms with Crippen molar-refractivity contribution >= 4 is 50.7 Å². The summed E-state index contributed by atoms with van der Waals surface area (Å²) >= 11 is 12.2. The van der Waals surface area contributed by atoms with E-state index in [9.17, 15) is 18.0 Å². The lowest BCUT2D eigenvalue weighted by Gasteiger charge is -2.33. The Morgan fingerprint density at radius 3 is 2.16 bits per heavy atom. The fourth-order valence-electron chi connectivity index (χ4n) is 3.68. The van der Waals surface area contributed by atoms with Crippen molar-refractivity contribution in [2.75, 3.05) is 23.7 Å². The van der Waals surface area contributed by atoms with Crippen LogP contribution in [0.1, 0.15) is 46.1 Å². The minimum absolute atomic E-state index is 0.0447. The van der Waals surface area contributed by atoms with E-state index in [-0.39, 0.29) is 18.5 Å². The zero-order chi connectivity index (χ0) is 27.8. The normalized spacial score (nSPS) is 12.9. The highest BCUT2D eigenvalue weighted by Crippen LogP contribution is 2.25. The summed E-state index contributed by atoms with van der Waals surface area (Å²) in [6.07, 6.45) is 2.09. The maximum atomic E-state index is 13.7. The Balaban J connectivity index is 2.44. The van der Waals surface area contributed by atoms with E-state index in [4.69, 9.17) is 27.9 Å². The molecule has 0 radical (unpaired) electrons. The van der Waals surface area contributed by atoms with Crippen LogP contribution in [0.25, 0.3) is 0 Å². The number of ether oxygens (including phenoxy) is 1. The average Bonchev–Trinajstić information content (AvgIpc) is 2.84.